The maximum Gasteiger partial charge on any atom is 0.134 e. The van der Waals surface area contributed by atoms with Gasteiger partial charge in [-0.25, -0.2) is 9.37 Å². The summed E-state index contributed by atoms with van der Waals surface area (Å²) in [6.45, 7) is 7.14. The first-order chi connectivity index (χ1) is 9.32. The Hall–Kier alpha value is -0.780. The highest BCUT2D eigenvalue weighted by Crippen LogP contribution is 2.35. The second-order valence-corrected chi connectivity index (χ2v) is 7.69. The Balaban J connectivity index is 2.53. The van der Waals surface area contributed by atoms with Crippen molar-refractivity contribution < 1.29 is 4.39 Å². The van der Waals surface area contributed by atoms with E-state index in [2.05, 4.69) is 47.0 Å². The van der Waals surface area contributed by atoms with E-state index in [-0.39, 0.29) is 11.2 Å². The first-order valence-electron chi connectivity index (χ1n) is 6.43. The highest BCUT2D eigenvalue weighted by molar-refractivity contribution is 9.10. The minimum Gasteiger partial charge on any atom is -0.315 e. The van der Waals surface area contributed by atoms with Gasteiger partial charge in [0.05, 0.1) is 5.69 Å². The molecule has 108 valence electrons. The van der Waals surface area contributed by atoms with Gasteiger partial charge in [0.15, 0.2) is 0 Å². The number of hydrogen-bond donors (Lipinski definition) is 1. The zero-order valence-corrected chi connectivity index (χ0v) is 14.5. The minimum absolute atomic E-state index is 0.0488. The summed E-state index contributed by atoms with van der Waals surface area (Å²) in [6.07, 6.45) is 0. The third kappa shape index (κ3) is 3.27. The lowest BCUT2D eigenvalue weighted by Gasteiger charge is -2.17. The van der Waals surface area contributed by atoms with Crippen LogP contribution in [0.4, 0.5) is 4.39 Å². The summed E-state index contributed by atoms with van der Waals surface area (Å²) in [5, 5.41) is 3.90. The Morgan fingerprint density at radius 2 is 2.05 bits per heavy atom. The quantitative estimate of drug-likeness (QED) is 0.859. The van der Waals surface area contributed by atoms with Crippen LogP contribution in [0.3, 0.4) is 0 Å². The summed E-state index contributed by atoms with van der Waals surface area (Å²) in [5.74, 6) is -0.246. The van der Waals surface area contributed by atoms with Crippen molar-refractivity contribution in [3.63, 3.8) is 0 Å². The lowest BCUT2D eigenvalue weighted by Crippen LogP contribution is -2.16. The van der Waals surface area contributed by atoms with E-state index in [0.29, 0.717) is 5.56 Å². The van der Waals surface area contributed by atoms with Crippen LogP contribution in [0.5, 0.6) is 0 Å². The van der Waals surface area contributed by atoms with Gasteiger partial charge in [-0.3, -0.25) is 0 Å². The van der Waals surface area contributed by atoms with Crippen molar-refractivity contribution in [2.24, 2.45) is 0 Å². The molecule has 2 aromatic rings. The molecule has 0 radical (unpaired) electrons. The third-order valence-corrected chi connectivity index (χ3v) is 4.49. The Kier molecular flexibility index (Phi) is 4.62. The molecule has 1 aromatic carbocycles. The lowest BCUT2D eigenvalue weighted by molar-refractivity contribution is 0.563. The van der Waals surface area contributed by atoms with Gasteiger partial charge >= 0.3 is 0 Å². The largest absolute Gasteiger partial charge is 0.315 e. The fourth-order valence-electron chi connectivity index (χ4n) is 2.00. The predicted molar refractivity (Wildman–Crippen MR) is 86.7 cm³/mol. The molecular formula is C15H18BrFN2S. The van der Waals surface area contributed by atoms with Crippen LogP contribution in [0.1, 0.15) is 31.3 Å². The van der Waals surface area contributed by atoms with Crippen molar-refractivity contribution in [2.75, 3.05) is 7.05 Å². The number of thiazole rings is 1. The van der Waals surface area contributed by atoms with E-state index in [4.69, 9.17) is 0 Å². The molecule has 5 heteroatoms. The summed E-state index contributed by atoms with van der Waals surface area (Å²) >= 11 is 4.83. The van der Waals surface area contributed by atoms with Gasteiger partial charge in [0.2, 0.25) is 0 Å². The van der Waals surface area contributed by atoms with Gasteiger partial charge in [-0.2, -0.15) is 0 Å². The van der Waals surface area contributed by atoms with Gasteiger partial charge in [0, 0.05) is 26.9 Å². The van der Waals surface area contributed by atoms with Crippen LogP contribution in [0, 0.1) is 5.82 Å². The average molecular weight is 357 g/mol. The van der Waals surface area contributed by atoms with Crippen LogP contribution in [0.25, 0.3) is 10.6 Å². The Labute approximate surface area is 131 Å². The molecule has 0 amide bonds. The van der Waals surface area contributed by atoms with E-state index in [1.807, 2.05) is 13.1 Å². The molecule has 0 saturated carbocycles. The fraction of sp³-hybridized carbons (Fsp3) is 0.400. The number of nitrogens with one attached hydrogen (secondary N) is 1. The maximum absolute atomic E-state index is 14.1. The van der Waals surface area contributed by atoms with Crippen LogP contribution in [-0.2, 0) is 12.0 Å². The van der Waals surface area contributed by atoms with Gasteiger partial charge in [0.1, 0.15) is 10.8 Å². The lowest BCUT2D eigenvalue weighted by atomic mass is 9.91. The number of rotatable bonds is 3. The Bertz CT molecular complexity index is 617. The average Bonchev–Trinajstić information content (AvgIpc) is 2.73. The number of benzene rings is 1. The van der Waals surface area contributed by atoms with Crippen LogP contribution in [-0.4, -0.2) is 12.0 Å². The first-order valence-corrected chi connectivity index (χ1v) is 8.04. The molecule has 0 aliphatic heterocycles. The van der Waals surface area contributed by atoms with Crippen LogP contribution >= 0.6 is 27.3 Å². The van der Waals surface area contributed by atoms with E-state index in [9.17, 15) is 4.39 Å². The fourth-order valence-corrected chi connectivity index (χ4v) is 3.64. The molecule has 1 heterocycles. The summed E-state index contributed by atoms with van der Waals surface area (Å²) in [4.78, 5) is 5.85. The van der Waals surface area contributed by atoms with Crippen molar-refractivity contribution in [1.29, 1.82) is 0 Å². The van der Waals surface area contributed by atoms with Crippen molar-refractivity contribution >= 4 is 27.3 Å². The molecule has 2 rings (SSSR count). The summed E-state index contributed by atoms with van der Waals surface area (Å²) < 4.78 is 14.8. The Morgan fingerprint density at radius 3 is 2.60 bits per heavy atom. The molecule has 0 saturated heterocycles. The van der Waals surface area contributed by atoms with Crippen LogP contribution in [0.15, 0.2) is 22.7 Å². The number of nitrogens with zero attached hydrogens (tertiary/aromatic N) is 1. The molecule has 0 aliphatic rings. The highest BCUT2D eigenvalue weighted by Gasteiger charge is 2.24. The Morgan fingerprint density at radius 1 is 1.35 bits per heavy atom. The molecule has 1 N–H and O–H groups in total. The third-order valence-electron chi connectivity index (χ3n) is 2.91. The van der Waals surface area contributed by atoms with Gasteiger partial charge in [-0.05, 0) is 25.2 Å². The number of aromatic nitrogens is 1. The molecule has 0 unspecified atom stereocenters. The highest BCUT2D eigenvalue weighted by atomic mass is 79.9. The molecule has 0 spiro atoms. The van der Waals surface area contributed by atoms with E-state index < -0.39 is 0 Å². The van der Waals surface area contributed by atoms with Gasteiger partial charge in [-0.1, -0.05) is 36.7 Å². The summed E-state index contributed by atoms with van der Waals surface area (Å²) in [5.41, 5.74) is 1.55. The molecule has 0 aliphatic carbocycles. The van der Waals surface area contributed by atoms with E-state index in [0.717, 1.165) is 26.6 Å². The zero-order valence-electron chi connectivity index (χ0n) is 12.1. The summed E-state index contributed by atoms with van der Waals surface area (Å²) in [6, 6.07) is 5.09. The standard InChI is InChI=1S/C15H18BrFN2S/c1-15(2,3)13-12(8-18-4)20-14(19-13)10-6-5-9(16)7-11(10)17/h5-7,18H,8H2,1-4H3. The smallest absolute Gasteiger partial charge is 0.134 e. The normalized spacial score (nSPS) is 11.9. The topological polar surface area (TPSA) is 24.9 Å². The molecule has 0 fully saturated rings. The molecule has 20 heavy (non-hydrogen) atoms. The number of hydrogen-bond acceptors (Lipinski definition) is 3. The van der Waals surface area contributed by atoms with Crippen molar-refractivity contribution in [1.82, 2.24) is 10.3 Å². The maximum atomic E-state index is 14.1. The van der Waals surface area contributed by atoms with Gasteiger partial charge in [0.25, 0.3) is 0 Å². The molecule has 0 bridgehead atoms. The van der Waals surface area contributed by atoms with Crippen LogP contribution in [0.2, 0.25) is 0 Å². The number of halogens is 2. The van der Waals surface area contributed by atoms with E-state index in [1.165, 1.54) is 6.07 Å². The van der Waals surface area contributed by atoms with Crippen LogP contribution < -0.4 is 5.32 Å². The van der Waals surface area contributed by atoms with Crippen molar-refractivity contribution in [3.05, 3.63) is 39.1 Å². The minimum atomic E-state index is -0.246. The molecule has 0 atom stereocenters. The molecule has 1 aromatic heterocycles. The van der Waals surface area contributed by atoms with Crippen molar-refractivity contribution in [3.8, 4) is 10.6 Å². The second-order valence-electron chi connectivity index (χ2n) is 5.70. The predicted octanol–water partition coefficient (Wildman–Crippen LogP) is 4.73. The molecular weight excluding hydrogens is 339 g/mol. The zero-order chi connectivity index (χ0) is 14.9. The summed E-state index contributed by atoms with van der Waals surface area (Å²) in [7, 11) is 1.91. The van der Waals surface area contributed by atoms with Gasteiger partial charge < -0.3 is 5.32 Å². The van der Waals surface area contributed by atoms with Gasteiger partial charge in [-0.15, -0.1) is 11.3 Å². The van der Waals surface area contributed by atoms with Crippen molar-refractivity contribution in [2.45, 2.75) is 32.7 Å². The monoisotopic (exact) mass is 356 g/mol. The van der Waals surface area contributed by atoms with E-state index in [1.54, 1.807) is 17.4 Å². The second kappa shape index (κ2) is 5.92. The molecule has 2 nitrogen and oxygen atoms in total. The first kappa shape index (κ1) is 15.6. The SMILES string of the molecule is CNCc1sc(-c2ccc(Br)cc2F)nc1C(C)(C)C. The van der Waals surface area contributed by atoms with E-state index >= 15 is 0 Å².